The van der Waals surface area contributed by atoms with Crippen LogP contribution in [0, 0.1) is 6.57 Å². The van der Waals surface area contributed by atoms with E-state index in [4.69, 9.17) is 12.3 Å². The summed E-state index contributed by atoms with van der Waals surface area (Å²) in [5, 5.41) is 7.85. The van der Waals surface area contributed by atoms with Crippen molar-refractivity contribution in [2.24, 2.45) is 5.73 Å². The first-order chi connectivity index (χ1) is 9.15. The molecule has 0 saturated carbocycles. The number of benzene rings is 1. The maximum Gasteiger partial charge on any atom is 0.274 e. The van der Waals surface area contributed by atoms with Gasteiger partial charge >= 0.3 is 0 Å². The van der Waals surface area contributed by atoms with E-state index < -0.39 is 6.04 Å². The lowest BCUT2D eigenvalue weighted by Gasteiger charge is -2.07. The summed E-state index contributed by atoms with van der Waals surface area (Å²) in [4.78, 5) is 17.8. The maximum atomic E-state index is 11.9. The van der Waals surface area contributed by atoms with E-state index in [0.717, 1.165) is 0 Å². The molecular formula is C13H13N5O. The van der Waals surface area contributed by atoms with Crippen LogP contribution in [0.15, 0.2) is 29.1 Å². The lowest BCUT2D eigenvalue weighted by molar-refractivity contribution is 0.645. The van der Waals surface area contributed by atoms with Gasteiger partial charge in [0.25, 0.3) is 5.56 Å². The molecule has 3 N–H and O–H groups in total. The van der Waals surface area contributed by atoms with Crippen molar-refractivity contribution < 1.29 is 0 Å². The second-order valence-electron chi connectivity index (χ2n) is 4.06. The molecule has 2 aromatic rings. The number of aromatic nitrogens is 3. The van der Waals surface area contributed by atoms with Gasteiger partial charge in [-0.05, 0) is 12.5 Å². The highest BCUT2D eigenvalue weighted by Crippen LogP contribution is 2.20. The van der Waals surface area contributed by atoms with Gasteiger partial charge in [0.1, 0.15) is 5.69 Å². The van der Waals surface area contributed by atoms with Crippen molar-refractivity contribution >= 4 is 5.69 Å². The predicted molar refractivity (Wildman–Crippen MR) is 71.6 cm³/mol. The van der Waals surface area contributed by atoms with Gasteiger partial charge in [0.05, 0.1) is 12.6 Å². The van der Waals surface area contributed by atoms with E-state index >= 15 is 0 Å². The van der Waals surface area contributed by atoms with Gasteiger partial charge < -0.3 is 10.7 Å². The van der Waals surface area contributed by atoms with E-state index in [0.29, 0.717) is 23.5 Å². The summed E-state index contributed by atoms with van der Waals surface area (Å²) in [5.41, 5.74) is 6.79. The zero-order chi connectivity index (χ0) is 13.8. The summed E-state index contributed by atoms with van der Waals surface area (Å²) < 4.78 is 0. The Bertz CT molecular complexity index is 686. The third kappa shape index (κ3) is 2.67. The summed E-state index contributed by atoms with van der Waals surface area (Å²) >= 11 is 0. The van der Waals surface area contributed by atoms with E-state index in [1.54, 1.807) is 24.3 Å². The normalized spacial score (nSPS) is 11.8. The minimum atomic E-state index is -0.417. The molecule has 2 rings (SSSR count). The van der Waals surface area contributed by atoms with Gasteiger partial charge in [0.15, 0.2) is 11.5 Å². The van der Waals surface area contributed by atoms with Crippen LogP contribution in [-0.2, 0) is 0 Å². The largest absolute Gasteiger partial charge is 0.322 e. The van der Waals surface area contributed by atoms with Crippen molar-refractivity contribution in [2.75, 3.05) is 0 Å². The SMILES string of the molecule is [C-]#[N+]c1cccc(-c2nnc(C(N)CC)c(=O)[nH]2)c1. The molecule has 96 valence electrons. The van der Waals surface area contributed by atoms with Gasteiger partial charge in [-0.2, -0.15) is 0 Å². The summed E-state index contributed by atoms with van der Waals surface area (Å²) in [6, 6.07) is 6.40. The van der Waals surface area contributed by atoms with Crippen molar-refractivity contribution in [1.29, 1.82) is 0 Å². The topological polar surface area (TPSA) is 89.0 Å². The number of hydrogen-bond donors (Lipinski definition) is 2. The quantitative estimate of drug-likeness (QED) is 0.818. The summed E-state index contributed by atoms with van der Waals surface area (Å²) in [6.07, 6.45) is 0.615. The predicted octanol–water partition coefficient (Wildman–Crippen LogP) is 1.79. The molecule has 1 unspecified atom stereocenters. The zero-order valence-corrected chi connectivity index (χ0v) is 10.4. The minimum absolute atomic E-state index is 0.229. The summed E-state index contributed by atoms with van der Waals surface area (Å²) in [7, 11) is 0. The Hall–Kier alpha value is -2.52. The fourth-order valence-electron chi connectivity index (χ4n) is 1.63. The van der Waals surface area contributed by atoms with Crippen LogP contribution in [0.4, 0.5) is 5.69 Å². The van der Waals surface area contributed by atoms with E-state index in [1.807, 2.05) is 6.92 Å². The Balaban J connectivity index is 2.45. The van der Waals surface area contributed by atoms with Crippen LogP contribution in [0.2, 0.25) is 0 Å². The zero-order valence-electron chi connectivity index (χ0n) is 10.4. The molecule has 0 amide bonds. The van der Waals surface area contributed by atoms with Gasteiger partial charge in [-0.3, -0.25) is 4.79 Å². The average molecular weight is 255 g/mol. The van der Waals surface area contributed by atoms with Gasteiger partial charge in [-0.15, -0.1) is 10.2 Å². The van der Waals surface area contributed by atoms with Crippen LogP contribution >= 0.6 is 0 Å². The molecule has 0 aliphatic heterocycles. The molecule has 6 nitrogen and oxygen atoms in total. The second-order valence-corrected chi connectivity index (χ2v) is 4.06. The van der Waals surface area contributed by atoms with Crippen molar-refractivity contribution in [3.05, 3.63) is 51.7 Å². The molecule has 0 saturated heterocycles. The molecule has 1 heterocycles. The number of nitrogens with two attached hydrogens (primary N) is 1. The lowest BCUT2D eigenvalue weighted by atomic mass is 10.1. The molecule has 0 fully saturated rings. The Morgan fingerprint density at radius 2 is 2.26 bits per heavy atom. The van der Waals surface area contributed by atoms with Crippen LogP contribution in [0.1, 0.15) is 25.1 Å². The summed E-state index contributed by atoms with van der Waals surface area (Å²) in [6.45, 7) is 8.83. The molecule has 0 radical (unpaired) electrons. The van der Waals surface area contributed by atoms with Gasteiger partial charge in [0.2, 0.25) is 0 Å². The molecule has 19 heavy (non-hydrogen) atoms. The molecule has 0 spiro atoms. The van der Waals surface area contributed by atoms with Crippen molar-refractivity contribution in [3.8, 4) is 11.4 Å². The molecule has 0 aliphatic rings. The molecule has 0 bridgehead atoms. The molecule has 1 atom stereocenters. The van der Waals surface area contributed by atoms with E-state index in [2.05, 4.69) is 20.0 Å². The first kappa shape index (κ1) is 12.9. The van der Waals surface area contributed by atoms with Crippen molar-refractivity contribution in [3.63, 3.8) is 0 Å². The smallest absolute Gasteiger partial charge is 0.274 e. The number of rotatable bonds is 3. The monoisotopic (exact) mass is 255 g/mol. The van der Waals surface area contributed by atoms with Gasteiger partial charge in [-0.1, -0.05) is 25.1 Å². The van der Waals surface area contributed by atoms with Gasteiger partial charge in [0, 0.05) is 5.56 Å². The standard InChI is InChI=1S/C13H13N5O/c1-3-10(14)11-13(19)16-12(18-17-11)8-5-4-6-9(7-8)15-2/h4-7,10H,3,14H2,1H3,(H,16,18,19). The van der Waals surface area contributed by atoms with Crippen LogP contribution < -0.4 is 11.3 Å². The number of nitrogens with zero attached hydrogens (tertiary/aromatic N) is 3. The highest BCUT2D eigenvalue weighted by atomic mass is 16.1. The fourth-order valence-corrected chi connectivity index (χ4v) is 1.63. The molecule has 1 aromatic heterocycles. The molecule has 0 aliphatic carbocycles. The Morgan fingerprint density at radius 3 is 2.89 bits per heavy atom. The average Bonchev–Trinajstić information content (AvgIpc) is 2.46. The van der Waals surface area contributed by atoms with Crippen LogP contribution in [0.3, 0.4) is 0 Å². The molecule has 6 heteroatoms. The second kappa shape index (κ2) is 5.42. The number of aromatic amines is 1. The van der Waals surface area contributed by atoms with Crippen LogP contribution in [0.25, 0.3) is 16.2 Å². The highest BCUT2D eigenvalue weighted by Gasteiger charge is 2.12. The van der Waals surface area contributed by atoms with E-state index in [9.17, 15) is 4.79 Å². The summed E-state index contributed by atoms with van der Waals surface area (Å²) in [5.74, 6) is 0.336. The minimum Gasteiger partial charge on any atom is -0.322 e. The Labute approximate surface area is 110 Å². The number of nitrogens with one attached hydrogen (secondary N) is 1. The first-order valence-corrected chi connectivity index (χ1v) is 5.86. The Morgan fingerprint density at radius 1 is 1.47 bits per heavy atom. The number of H-pyrrole nitrogens is 1. The van der Waals surface area contributed by atoms with Crippen molar-refractivity contribution in [1.82, 2.24) is 15.2 Å². The van der Waals surface area contributed by atoms with Gasteiger partial charge in [-0.25, -0.2) is 4.85 Å². The highest BCUT2D eigenvalue weighted by molar-refractivity contribution is 5.62. The van der Waals surface area contributed by atoms with Crippen molar-refractivity contribution in [2.45, 2.75) is 19.4 Å². The molecular weight excluding hydrogens is 242 g/mol. The van der Waals surface area contributed by atoms with Crippen LogP contribution in [-0.4, -0.2) is 15.2 Å². The maximum absolute atomic E-state index is 11.9. The van der Waals surface area contributed by atoms with E-state index in [-0.39, 0.29) is 11.3 Å². The molecule has 1 aromatic carbocycles. The third-order valence-corrected chi connectivity index (χ3v) is 2.76. The fraction of sp³-hybridized carbons (Fsp3) is 0.231. The first-order valence-electron chi connectivity index (χ1n) is 5.86. The lowest BCUT2D eigenvalue weighted by Crippen LogP contribution is -2.24. The third-order valence-electron chi connectivity index (χ3n) is 2.76. The van der Waals surface area contributed by atoms with Crippen LogP contribution in [0.5, 0.6) is 0 Å². The Kier molecular flexibility index (Phi) is 3.68. The number of hydrogen-bond acceptors (Lipinski definition) is 4. The van der Waals surface area contributed by atoms with E-state index in [1.165, 1.54) is 0 Å².